The van der Waals surface area contributed by atoms with E-state index >= 15 is 0 Å². The van der Waals surface area contributed by atoms with Gasteiger partial charge in [0, 0.05) is 29.1 Å². The Bertz CT molecular complexity index is 990. The molecular formula is C19H19N3O5S. The molecule has 1 saturated heterocycles. The van der Waals surface area contributed by atoms with Gasteiger partial charge in [0.25, 0.3) is 0 Å². The van der Waals surface area contributed by atoms with Crippen molar-refractivity contribution in [1.29, 1.82) is 0 Å². The Kier molecular flexibility index (Phi) is 5.28. The molecular weight excluding hydrogens is 382 g/mol. The van der Waals surface area contributed by atoms with E-state index in [1.165, 1.54) is 18.3 Å². The summed E-state index contributed by atoms with van der Waals surface area (Å²) in [5.74, 6) is -2.67. The van der Waals surface area contributed by atoms with Gasteiger partial charge < -0.3 is 4.98 Å². The number of Topliss-reactive ketones (excluding diaryl/α,β-unsaturated/α-hetero) is 2. The van der Waals surface area contributed by atoms with Gasteiger partial charge in [0.2, 0.25) is 0 Å². The summed E-state index contributed by atoms with van der Waals surface area (Å²) in [7, 11) is 0. The summed E-state index contributed by atoms with van der Waals surface area (Å²) in [6.07, 6.45) is 0.446. The van der Waals surface area contributed by atoms with Crippen LogP contribution in [0.25, 0.3) is 0 Å². The number of urea groups is 1. The number of thiophene rings is 1. The van der Waals surface area contributed by atoms with Crippen LogP contribution in [0.3, 0.4) is 0 Å². The molecule has 4 amide bonds. The summed E-state index contributed by atoms with van der Waals surface area (Å²) in [6.45, 7) is 4.21. The number of nitrogens with one attached hydrogen (secondary N) is 1. The first-order chi connectivity index (χ1) is 13.2. The van der Waals surface area contributed by atoms with E-state index in [0.717, 1.165) is 9.78 Å². The second-order valence-electron chi connectivity index (χ2n) is 6.56. The van der Waals surface area contributed by atoms with Gasteiger partial charge >= 0.3 is 17.8 Å². The molecule has 0 aromatic carbocycles. The average Bonchev–Trinajstić information content (AvgIpc) is 3.30. The number of aromatic amines is 1. The monoisotopic (exact) mass is 401 g/mol. The minimum atomic E-state index is -1.02. The van der Waals surface area contributed by atoms with E-state index in [1.807, 2.05) is 17.5 Å². The quantitative estimate of drug-likeness (QED) is 0.434. The van der Waals surface area contributed by atoms with E-state index in [9.17, 15) is 24.0 Å². The molecule has 146 valence electrons. The van der Waals surface area contributed by atoms with Crippen molar-refractivity contribution < 1.29 is 24.0 Å². The molecule has 9 heteroatoms. The molecule has 2 aromatic heterocycles. The molecule has 0 atom stereocenters. The van der Waals surface area contributed by atoms with Crippen LogP contribution in [0.5, 0.6) is 0 Å². The summed E-state index contributed by atoms with van der Waals surface area (Å²) < 4.78 is 0. The van der Waals surface area contributed by atoms with Crippen LogP contribution in [0.4, 0.5) is 4.79 Å². The molecule has 0 aliphatic carbocycles. The predicted octanol–water partition coefficient (Wildman–Crippen LogP) is 2.11. The number of hydrogen-bond acceptors (Lipinski definition) is 6. The van der Waals surface area contributed by atoms with Crippen molar-refractivity contribution in [1.82, 2.24) is 14.8 Å². The Morgan fingerprint density at radius 3 is 2.36 bits per heavy atom. The lowest BCUT2D eigenvalue weighted by Gasteiger charge is -2.14. The molecule has 1 aliphatic rings. The van der Waals surface area contributed by atoms with Crippen molar-refractivity contribution in [2.24, 2.45) is 0 Å². The Hall–Kier alpha value is -3.07. The summed E-state index contributed by atoms with van der Waals surface area (Å²) in [4.78, 5) is 66.6. The number of amides is 4. The van der Waals surface area contributed by atoms with Gasteiger partial charge in [-0.25, -0.2) is 9.69 Å². The Balaban J connectivity index is 1.75. The third-order valence-electron chi connectivity index (χ3n) is 4.67. The van der Waals surface area contributed by atoms with Crippen LogP contribution in [-0.4, -0.2) is 57.3 Å². The number of imide groups is 2. The number of nitrogens with zero attached hydrogens (tertiary/aromatic N) is 2. The lowest BCUT2D eigenvalue weighted by molar-refractivity contribution is -0.143. The first kappa shape index (κ1) is 19.7. The van der Waals surface area contributed by atoms with Crippen molar-refractivity contribution in [3.63, 3.8) is 0 Å². The van der Waals surface area contributed by atoms with Crippen molar-refractivity contribution in [2.75, 3.05) is 13.1 Å². The van der Waals surface area contributed by atoms with Crippen LogP contribution in [0.15, 0.2) is 17.5 Å². The van der Waals surface area contributed by atoms with Gasteiger partial charge in [-0.3, -0.25) is 24.1 Å². The smallest absolute Gasteiger partial charge is 0.334 e. The van der Waals surface area contributed by atoms with Crippen LogP contribution >= 0.6 is 11.3 Å². The van der Waals surface area contributed by atoms with Gasteiger partial charge in [0.1, 0.15) is 0 Å². The van der Waals surface area contributed by atoms with Gasteiger partial charge in [-0.1, -0.05) is 6.07 Å². The third-order valence-corrected chi connectivity index (χ3v) is 5.60. The minimum absolute atomic E-state index is 0.0731. The van der Waals surface area contributed by atoms with Crippen molar-refractivity contribution in [3.05, 3.63) is 44.9 Å². The number of carbonyl (C=O) groups is 5. The SMILES string of the molecule is CC(=O)c1c(C)[nH]c(C(=O)CN2C(=O)C(=O)N(CCc3cccs3)C2=O)c1C. The Morgan fingerprint density at radius 2 is 1.79 bits per heavy atom. The van der Waals surface area contributed by atoms with E-state index in [-0.39, 0.29) is 18.0 Å². The zero-order valence-corrected chi connectivity index (χ0v) is 16.5. The molecule has 1 aliphatic heterocycles. The number of H-pyrrole nitrogens is 1. The fourth-order valence-electron chi connectivity index (χ4n) is 3.34. The lowest BCUT2D eigenvalue weighted by atomic mass is 10.1. The number of aryl methyl sites for hydroxylation is 1. The summed E-state index contributed by atoms with van der Waals surface area (Å²) in [5, 5.41) is 1.88. The average molecular weight is 401 g/mol. The molecule has 0 spiro atoms. The second kappa shape index (κ2) is 7.51. The second-order valence-corrected chi connectivity index (χ2v) is 7.60. The molecule has 3 rings (SSSR count). The molecule has 1 N–H and O–H groups in total. The largest absolute Gasteiger partial charge is 0.355 e. The minimum Gasteiger partial charge on any atom is -0.355 e. The zero-order valence-electron chi connectivity index (χ0n) is 15.7. The molecule has 0 unspecified atom stereocenters. The Morgan fingerprint density at radius 1 is 1.11 bits per heavy atom. The highest BCUT2D eigenvalue weighted by molar-refractivity contribution is 7.09. The molecule has 8 nitrogen and oxygen atoms in total. The van der Waals surface area contributed by atoms with E-state index in [0.29, 0.717) is 28.1 Å². The molecule has 1 fully saturated rings. The number of rotatable bonds is 7. The van der Waals surface area contributed by atoms with Crippen LogP contribution < -0.4 is 0 Å². The van der Waals surface area contributed by atoms with Crippen molar-refractivity contribution in [2.45, 2.75) is 27.2 Å². The van der Waals surface area contributed by atoms with Crippen LogP contribution in [0.1, 0.15) is 43.9 Å². The molecule has 28 heavy (non-hydrogen) atoms. The predicted molar refractivity (Wildman–Crippen MR) is 101 cm³/mol. The van der Waals surface area contributed by atoms with Crippen molar-refractivity contribution >= 4 is 40.7 Å². The number of carbonyl (C=O) groups excluding carboxylic acids is 5. The molecule has 3 heterocycles. The van der Waals surface area contributed by atoms with Gasteiger partial charge in [0.05, 0.1) is 12.2 Å². The topological polar surface area (TPSA) is 108 Å². The summed E-state index contributed by atoms with van der Waals surface area (Å²) in [5.41, 5.74) is 1.58. The maximum Gasteiger partial charge on any atom is 0.334 e. The van der Waals surface area contributed by atoms with Crippen LogP contribution in [-0.2, 0) is 16.0 Å². The lowest BCUT2D eigenvalue weighted by Crippen LogP contribution is -2.37. The third kappa shape index (κ3) is 3.40. The van der Waals surface area contributed by atoms with Gasteiger partial charge in [-0.2, -0.15) is 0 Å². The Labute approximate surface area is 165 Å². The maximum absolute atomic E-state index is 12.6. The van der Waals surface area contributed by atoms with Gasteiger partial charge in [-0.05, 0) is 37.8 Å². The first-order valence-corrected chi connectivity index (χ1v) is 9.53. The molecule has 0 saturated carbocycles. The summed E-state index contributed by atoms with van der Waals surface area (Å²) >= 11 is 1.49. The molecule has 2 aromatic rings. The molecule has 0 bridgehead atoms. The fourth-order valence-corrected chi connectivity index (χ4v) is 4.04. The van der Waals surface area contributed by atoms with E-state index in [1.54, 1.807) is 13.8 Å². The zero-order chi connectivity index (χ0) is 20.6. The summed E-state index contributed by atoms with van der Waals surface area (Å²) in [6, 6.07) is 2.94. The first-order valence-electron chi connectivity index (χ1n) is 8.65. The van der Waals surface area contributed by atoms with E-state index in [4.69, 9.17) is 0 Å². The standard InChI is InChI=1S/C19H19N3O5S/c1-10-15(12(3)23)11(2)20-16(10)14(24)9-22-18(26)17(25)21(19(22)27)7-6-13-5-4-8-28-13/h4-5,8,20H,6-7,9H2,1-3H3. The number of aromatic nitrogens is 1. The number of hydrogen-bond donors (Lipinski definition) is 1. The van der Waals surface area contributed by atoms with Crippen LogP contribution in [0, 0.1) is 13.8 Å². The van der Waals surface area contributed by atoms with Gasteiger partial charge in [0.15, 0.2) is 11.6 Å². The number of ketones is 2. The van der Waals surface area contributed by atoms with Crippen molar-refractivity contribution in [3.8, 4) is 0 Å². The molecule has 0 radical (unpaired) electrons. The van der Waals surface area contributed by atoms with Gasteiger partial charge in [-0.15, -0.1) is 11.3 Å². The maximum atomic E-state index is 12.6. The highest BCUT2D eigenvalue weighted by Crippen LogP contribution is 2.21. The highest BCUT2D eigenvalue weighted by Gasteiger charge is 2.45. The normalized spacial score (nSPS) is 14.3. The van der Waals surface area contributed by atoms with E-state index in [2.05, 4.69) is 4.98 Å². The van der Waals surface area contributed by atoms with Crippen LogP contribution in [0.2, 0.25) is 0 Å². The highest BCUT2D eigenvalue weighted by atomic mass is 32.1. The fraction of sp³-hybridized carbons (Fsp3) is 0.316. The van der Waals surface area contributed by atoms with E-state index < -0.39 is 30.2 Å².